The van der Waals surface area contributed by atoms with Crippen molar-refractivity contribution in [3.63, 3.8) is 0 Å². The molecule has 1 aliphatic rings. The van der Waals surface area contributed by atoms with E-state index < -0.39 is 23.6 Å². The summed E-state index contributed by atoms with van der Waals surface area (Å²) in [6, 6.07) is 2.75. The Morgan fingerprint density at radius 2 is 1.88 bits per heavy atom. The Morgan fingerprint density at radius 3 is 2.50 bits per heavy atom. The Labute approximate surface area is 88.3 Å². The van der Waals surface area contributed by atoms with Crippen LogP contribution in [-0.4, -0.2) is 11.8 Å². The van der Waals surface area contributed by atoms with E-state index >= 15 is 0 Å². The zero-order valence-electron chi connectivity index (χ0n) is 7.89. The molecule has 2 rings (SSSR count). The predicted octanol–water partition coefficient (Wildman–Crippen LogP) is 1.52. The third kappa shape index (κ3) is 1.78. The highest BCUT2D eigenvalue weighted by molar-refractivity contribution is 6.09. The number of halogens is 3. The van der Waals surface area contributed by atoms with Gasteiger partial charge in [-0.1, -0.05) is 0 Å². The van der Waals surface area contributed by atoms with Gasteiger partial charge in [0, 0.05) is 5.56 Å². The van der Waals surface area contributed by atoms with E-state index in [1.807, 2.05) is 5.32 Å². The Bertz CT molecular complexity index is 479. The summed E-state index contributed by atoms with van der Waals surface area (Å²) in [5.41, 5.74) is -0.620. The molecule has 0 atom stereocenters. The molecule has 1 N–H and O–H groups in total. The molecule has 0 saturated carbocycles. The molecule has 0 fully saturated rings. The lowest BCUT2D eigenvalue weighted by Crippen LogP contribution is -2.37. The van der Waals surface area contributed by atoms with E-state index in [1.165, 1.54) is 0 Å². The third-order valence-corrected chi connectivity index (χ3v) is 2.28. The van der Waals surface area contributed by atoms with Gasteiger partial charge in [-0.2, -0.15) is 13.2 Å². The Hall–Kier alpha value is -1.85. The average Bonchev–Trinajstić information content (AvgIpc) is 2.15. The Morgan fingerprint density at radius 1 is 1.19 bits per heavy atom. The minimum Gasteiger partial charge on any atom is -0.292 e. The van der Waals surface area contributed by atoms with Crippen molar-refractivity contribution >= 4 is 11.8 Å². The summed E-state index contributed by atoms with van der Waals surface area (Å²) in [7, 11) is 0. The molecule has 0 bridgehead atoms. The van der Waals surface area contributed by atoms with Crippen LogP contribution in [0.2, 0.25) is 0 Å². The molecule has 16 heavy (non-hydrogen) atoms. The van der Waals surface area contributed by atoms with Crippen LogP contribution in [-0.2, 0) is 17.4 Å². The first-order valence-electron chi connectivity index (χ1n) is 4.42. The van der Waals surface area contributed by atoms with E-state index in [2.05, 4.69) is 0 Å². The van der Waals surface area contributed by atoms with Crippen LogP contribution >= 0.6 is 0 Å². The van der Waals surface area contributed by atoms with Crippen LogP contribution in [0.25, 0.3) is 0 Å². The summed E-state index contributed by atoms with van der Waals surface area (Å²) in [4.78, 5) is 22.2. The van der Waals surface area contributed by atoms with E-state index in [1.54, 1.807) is 0 Å². The zero-order chi connectivity index (χ0) is 11.9. The number of carbonyl (C=O) groups is 2. The van der Waals surface area contributed by atoms with E-state index in [4.69, 9.17) is 0 Å². The fourth-order valence-corrected chi connectivity index (χ4v) is 1.55. The van der Waals surface area contributed by atoms with E-state index in [9.17, 15) is 22.8 Å². The van der Waals surface area contributed by atoms with Crippen molar-refractivity contribution in [1.29, 1.82) is 0 Å². The third-order valence-electron chi connectivity index (χ3n) is 2.28. The summed E-state index contributed by atoms with van der Waals surface area (Å²) in [5.74, 6) is -1.24. The Balaban J connectivity index is 2.50. The van der Waals surface area contributed by atoms with Crippen LogP contribution < -0.4 is 5.32 Å². The molecule has 0 unspecified atom stereocenters. The molecular formula is C10H6F3NO2. The lowest BCUT2D eigenvalue weighted by Gasteiger charge is -2.16. The topological polar surface area (TPSA) is 46.2 Å². The average molecular weight is 229 g/mol. The number of hydrogen-bond acceptors (Lipinski definition) is 2. The van der Waals surface area contributed by atoms with Gasteiger partial charge in [0.15, 0.2) is 0 Å². The minimum absolute atomic E-state index is 0.114. The summed E-state index contributed by atoms with van der Waals surface area (Å²) >= 11 is 0. The van der Waals surface area contributed by atoms with Gasteiger partial charge in [0.1, 0.15) is 0 Å². The van der Waals surface area contributed by atoms with Crippen molar-refractivity contribution in [3.05, 3.63) is 34.9 Å². The van der Waals surface area contributed by atoms with E-state index in [0.29, 0.717) is 0 Å². The highest BCUT2D eigenvalue weighted by atomic mass is 19.4. The van der Waals surface area contributed by atoms with Gasteiger partial charge < -0.3 is 0 Å². The number of rotatable bonds is 0. The zero-order valence-corrected chi connectivity index (χ0v) is 7.89. The molecule has 0 spiro atoms. The number of fused-ring (bicyclic) bond motifs is 1. The first kappa shape index (κ1) is 10.7. The number of carbonyl (C=O) groups excluding carboxylic acids is 2. The molecule has 84 valence electrons. The van der Waals surface area contributed by atoms with E-state index in [-0.39, 0.29) is 17.5 Å². The van der Waals surface area contributed by atoms with Gasteiger partial charge in [-0.15, -0.1) is 0 Å². The summed E-state index contributed by atoms with van der Waals surface area (Å²) in [6.07, 6.45) is -4.67. The fraction of sp³-hybridized carbons (Fsp3) is 0.200. The van der Waals surface area contributed by atoms with Crippen LogP contribution in [0.4, 0.5) is 13.2 Å². The number of alkyl halides is 3. The second-order valence-electron chi connectivity index (χ2n) is 3.42. The molecule has 3 nitrogen and oxygen atoms in total. The van der Waals surface area contributed by atoms with Crippen molar-refractivity contribution in [2.75, 3.05) is 0 Å². The predicted molar refractivity (Wildman–Crippen MR) is 47.6 cm³/mol. The highest BCUT2D eigenvalue weighted by Crippen LogP contribution is 2.31. The number of imide groups is 1. The van der Waals surface area contributed by atoms with Crippen molar-refractivity contribution in [2.45, 2.75) is 12.6 Å². The maximum atomic E-state index is 12.4. The second-order valence-corrected chi connectivity index (χ2v) is 3.42. The lowest BCUT2D eigenvalue weighted by atomic mass is 9.97. The first-order chi connectivity index (χ1) is 7.38. The molecule has 1 aromatic rings. The maximum Gasteiger partial charge on any atom is 0.416 e. The van der Waals surface area contributed by atoms with Gasteiger partial charge in [0.2, 0.25) is 5.91 Å². The highest BCUT2D eigenvalue weighted by Gasteiger charge is 2.32. The molecule has 1 heterocycles. The van der Waals surface area contributed by atoms with Crippen LogP contribution in [0.3, 0.4) is 0 Å². The van der Waals surface area contributed by atoms with Crippen molar-refractivity contribution < 1.29 is 22.8 Å². The molecule has 1 aromatic carbocycles. The van der Waals surface area contributed by atoms with Crippen molar-refractivity contribution in [2.24, 2.45) is 0 Å². The molecule has 0 saturated heterocycles. The number of hydrogen-bond donors (Lipinski definition) is 1. The summed E-state index contributed by atoms with van der Waals surface area (Å²) < 4.78 is 37.1. The minimum atomic E-state index is -4.47. The van der Waals surface area contributed by atoms with E-state index in [0.717, 1.165) is 18.2 Å². The summed E-state index contributed by atoms with van der Waals surface area (Å²) in [6.45, 7) is 0. The van der Waals surface area contributed by atoms with Crippen LogP contribution in [0.5, 0.6) is 0 Å². The van der Waals surface area contributed by atoms with Gasteiger partial charge in [-0.05, 0) is 23.8 Å². The number of amides is 2. The maximum absolute atomic E-state index is 12.4. The SMILES string of the molecule is O=C1Cc2cc(C(F)(F)F)ccc2C(=O)N1. The molecule has 1 aliphatic heterocycles. The Kier molecular flexibility index (Phi) is 2.22. The van der Waals surface area contributed by atoms with Gasteiger partial charge in [0.25, 0.3) is 5.91 Å². The van der Waals surface area contributed by atoms with Crippen molar-refractivity contribution in [3.8, 4) is 0 Å². The van der Waals surface area contributed by atoms with Gasteiger partial charge in [0.05, 0.1) is 12.0 Å². The molecule has 0 aromatic heterocycles. The molecular weight excluding hydrogens is 223 g/mol. The second kappa shape index (κ2) is 3.33. The molecule has 6 heteroatoms. The smallest absolute Gasteiger partial charge is 0.292 e. The monoisotopic (exact) mass is 229 g/mol. The summed E-state index contributed by atoms with van der Waals surface area (Å²) in [5, 5.41) is 2.03. The van der Waals surface area contributed by atoms with Gasteiger partial charge in [-0.25, -0.2) is 0 Å². The number of benzene rings is 1. The molecule has 0 radical (unpaired) electrons. The van der Waals surface area contributed by atoms with Gasteiger partial charge >= 0.3 is 6.18 Å². The quantitative estimate of drug-likeness (QED) is 0.685. The van der Waals surface area contributed by atoms with Crippen LogP contribution in [0, 0.1) is 0 Å². The van der Waals surface area contributed by atoms with Crippen LogP contribution in [0.1, 0.15) is 21.5 Å². The van der Waals surface area contributed by atoms with Gasteiger partial charge in [-0.3, -0.25) is 14.9 Å². The van der Waals surface area contributed by atoms with Crippen molar-refractivity contribution in [1.82, 2.24) is 5.32 Å². The lowest BCUT2D eigenvalue weighted by molar-refractivity contribution is -0.137. The standard InChI is InChI=1S/C10H6F3NO2/c11-10(12,13)6-1-2-7-5(3-6)4-8(15)14-9(7)16/h1-3H,4H2,(H,14,15,16). The largest absolute Gasteiger partial charge is 0.416 e. The first-order valence-corrected chi connectivity index (χ1v) is 4.42. The van der Waals surface area contributed by atoms with Crippen LogP contribution in [0.15, 0.2) is 18.2 Å². The fourth-order valence-electron chi connectivity index (χ4n) is 1.55. The molecule has 0 aliphatic carbocycles. The normalized spacial score (nSPS) is 15.7. The molecule has 2 amide bonds. The number of nitrogens with one attached hydrogen (secondary N) is 1.